The van der Waals surface area contributed by atoms with Gasteiger partial charge in [-0.15, -0.1) is 65.9 Å². The minimum Gasteiger partial charge on any atom is -0.388 e. The van der Waals surface area contributed by atoms with Crippen molar-refractivity contribution in [2.75, 3.05) is 111 Å². The summed E-state index contributed by atoms with van der Waals surface area (Å²) < 4.78 is 30.6. The molecule has 0 radical (unpaired) electrons. The van der Waals surface area contributed by atoms with E-state index in [4.69, 9.17) is 35.9 Å². The predicted octanol–water partition coefficient (Wildman–Crippen LogP) is 0.227. The van der Waals surface area contributed by atoms with Gasteiger partial charge < -0.3 is 111 Å². The number of amides is 6. The Morgan fingerprint density at radius 2 is 0.963 bits per heavy atom. The van der Waals surface area contributed by atoms with Crippen LogP contribution in [0.2, 0.25) is 0 Å². The van der Waals surface area contributed by atoms with Gasteiger partial charge >= 0.3 is 12.1 Å². The molecule has 37 heteroatoms. The second-order valence-corrected chi connectivity index (χ2v) is 53.9. The third-order valence-corrected chi connectivity index (χ3v) is 26.3. The SMILES string of the molecule is C=C1NC(=O)C(C)CN1[C@@H]1O[C@H](CCP(=C)(C)C)[C@@H](O)[C@H]1O.C=C1NC(=O)C=NN1[C@@H]1O[C@H](CCP(=C)(C)C)[C@@H](O)[C@H]1O.C=C1NC(=O)N(C)C=[N+]1[C@@H]1O[C@H](CCP(=C)(C)C)[C@@H](O)[C@H]1O.C=C1NC(=O)NC=C1[C@@H]1O[C@H](CCP(=C)(C)C)[C@@H](O)[C@H]1O.C=C1NC(=S)C=CN1[C@@H]1O[C@H](CCP(=C)(C)C)[C@@H](O)[C@H]1O. The summed E-state index contributed by atoms with van der Waals surface area (Å²) in [5, 5.41) is 123. The number of carbonyl (C=O) groups is 4. The molecule has 6 amide bonds. The van der Waals surface area contributed by atoms with Crippen LogP contribution in [-0.2, 0) is 33.3 Å². The van der Waals surface area contributed by atoms with Crippen LogP contribution < -0.4 is 31.9 Å². The second-order valence-electron chi connectivity index (χ2n) is 31.9. The largest absolute Gasteiger partial charge is 0.442 e. The Morgan fingerprint density at radius 1 is 0.533 bits per heavy atom. The van der Waals surface area contributed by atoms with E-state index in [1.807, 2.05) is 0 Å². The first-order valence-corrected chi connectivity index (χ1v) is 50.8. The van der Waals surface area contributed by atoms with E-state index in [9.17, 15) is 70.2 Å². The molecule has 10 rings (SSSR count). The molecule has 21 atom stereocenters. The first-order chi connectivity index (χ1) is 49.3. The van der Waals surface area contributed by atoms with E-state index in [2.05, 4.69) is 168 Å². The van der Waals surface area contributed by atoms with Crippen LogP contribution in [0.3, 0.4) is 0 Å². The quantitative estimate of drug-likeness (QED) is 0.0441. The Bertz CT molecular complexity index is 3610. The van der Waals surface area contributed by atoms with Gasteiger partial charge in [-0.3, -0.25) is 9.59 Å². The highest BCUT2D eigenvalue weighted by Crippen LogP contribution is 2.44. The second kappa shape index (κ2) is 37.7. The van der Waals surface area contributed by atoms with Crippen LogP contribution in [0, 0.1) is 5.92 Å². The third-order valence-electron chi connectivity index (χ3n) is 18.7. The molecular weight excluding hydrogens is 1500 g/mol. The maximum Gasteiger partial charge on any atom is 0.442 e. The van der Waals surface area contributed by atoms with Gasteiger partial charge in [0.2, 0.25) is 18.0 Å². The summed E-state index contributed by atoms with van der Waals surface area (Å²) in [6.45, 7) is 36.2. The monoisotopic (exact) mass is 1620 g/mol. The number of nitrogens with zero attached hydrogens (tertiary/aromatic N) is 6. The molecule has 604 valence electrons. The molecule has 0 saturated carbocycles. The molecular formula is C70H120N12O19P5S+. The molecule has 0 aliphatic carbocycles. The van der Waals surface area contributed by atoms with Crippen molar-refractivity contribution < 1.29 is 98.5 Å². The number of aliphatic hydroxyl groups is 10. The zero-order chi connectivity index (χ0) is 80.7. The molecule has 31 nitrogen and oxygen atoms in total. The van der Waals surface area contributed by atoms with Gasteiger partial charge in [0.1, 0.15) is 95.8 Å². The van der Waals surface area contributed by atoms with Crippen LogP contribution in [0.25, 0.3) is 0 Å². The van der Waals surface area contributed by atoms with Crippen molar-refractivity contribution in [2.45, 2.75) is 162 Å². The molecule has 0 aromatic heterocycles. The van der Waals surface area contributed by atoms with E-state index in [0.29, 0.717) is 72.4 Å². The number of nitrogens with one attached hydrogen (secondary N) is 6. The van der Waals surface area contributed by atoms with E-state index in [1.165, 1.54) is 27.0 Å². The average Bonchev–Trinajstić information content (AvgIpc) is 1.70. The fourth-order valence-corrected chi connectivity index (χ4v) is 17.3. The lowest BCUT2D eigenvalue weighted by Gasteiger charge is -2.39. The first kappa shape index (κ1) is 91.1. The molecule has 16 N–H and O–H groups in total. The minimum absolute atomic E-state index is 0.0885. The lowest BCUT2D eigenvalue weighted by Crippen LogP contribution is -2.54. The summed E-state index contributed by atoms with van der Waals surface area (Å²) in [6.07, 6.45) is 20.0. The van der Waals surface area contributed by atoms with E-state index < -0.39 is 151 Å². The van der Waals surface area contributed by atoms with Crippen LogP contribution in [0.15, 0.2) is 91.0 Å². The van der Waals surface area contributed by atoms with Gasteiger partial charge in [-0.2, -0.15) is 5.10 Å². The average molecular weight is 1620 g/mol. The summed E-state index contributed by atoms with van der Waals surface area (Å²) in [7, 11) is 1.58. The van der Waals surface area contributed by atoms with Crippen LogP contribution in [0.1, 0.15) is 39.0 Å². The molecule has 0 spiro atoms. The molecule has 6 fully saturated rings. The van der Waals surface area contributed by atoms with Crippen molar-refractivity contribution in [2.24, 2.45) is 11.0 Å². The number of ether oxygens (including phenoxy) is 5. The standard InChI is InChI=1S/C15H27N2O4P.C14H24N3O4P.C14H23N2O4P.C14H23N2O3PS.C13H22N3O4P/c1-9-8-17(10(2)16-14(9)20)15-13(19)12(18)11(21-15)6-7-22(3,4)5;1-9-15-14(20)16(2)8-17(9)13-12(19)11(18)10(21-13)6-7-22(3,4)5;1-8-9(7-15-14(19)16-8)13-12(18)11(17)10(20-13)5-6-21(2,3)4;1-9-15-11(21)5-7-16(9)14-13(18)12(17)10(19-14)6-8-20(2,3)4;1-8-15-10(17)7-14-16(8)13-12(19)11(18)9(20-13)5-6-21(2,3)4/h9,11-13,15,18-19H,2-3,6-8H2,1,4-5H3,(H,16,20);8,10-13,18-19H,1,3,6-7H2,2,4-5H3;7,10-13,17-18H,1-2,5-6H2,3-4H3,(H2,15,16,19);5,7,10,12-14,17-18H,1-2,6,8H2,3-4H3,(H,15,21);7,9,11-13,18-19H,1-2,5-6H2,3-4H3,(H,15,17)/p+1/t9?,11-,12-,13-,15-;10-,11-,12-,13-;10-,11-,12-,13+;10-,12-,13-,14-;9-,11-,12-,13-/m11111/s1. The van der Waals surface area contributed by atoms with Gasteiger partial charge in [-0.1, -0.05) is 45.5 Å². The van der Waals surface area contributed by atoms with Crippen molar-refractivity contribution in [1.82, 2.24) is 51.6 Å². The summed E-state index contributed by atoms with van der Waals surface area (Å²) in [5.41, 5.74) is 0.924. The molecule has 1 unspecified atom stereocenters. The smallest absolute Gasteiger partial charge is 0.388 e. The van der Waals surface area contributed by atoms with Crippen molar-refractivity contribution in [1.29, 1.82) is 0 Å². The fraction of sp³-hybridized carbons (Fsp3) is 0.629. The zero-order valence-corrected chi connectivity index (χ0v) is 69.1. The molecule has 107 heavy (non-hydrogen) atoms. The van der Waals surface area contributed by atoms with Crippen molar-refractivity contribution in [3.63, 3.8) is 0 Å². The first-order valence-electron chi connectivity index (χ1n) is 35.1. The minimum atomic E-state index is -1.23. The van der Waals surface area contributed by atoms with Gasteiger partial charge in [0.25, 0.3) is 5.91 Å². The maximum absolute atomic E-state index is 11.6. The van der Waals surface area contributed by atoms with E-state index in [-0.39, 0.29) is 41.7 Å². The Hall–Kier alpha value is -4.81. The number of hydrazone groups is 1. The molecule has 0 aromatic rings. The molecule has 10 aliphatic rings. The predicted molar refractivity (Wildman–Crippen MR) is 438 cm³/mol. The maximum atomic E-state index is 11.6. The van der Waals surface area contributed by atoms with Crippen molar-refractivity contribution in [3.8, 4) is 0 Å². The van der Waals surface area contributed by atoms with Crippen LogP contribution in [0.5, 0.6) is 0 Å². The van der Waals surface area contributed by atoms with Crippen LogP contribution in [0.4, 0.5) is 9.59 Å². The van der Waals surface area contributed by atoms with E-state index in [1.54, 1.807) is 36.0 Å². The summed E-state index contributed by atoms with van der Waals surface area (Å²) in [4.78, 5) is 50.8. The number of carbonyl (C=O) groups excluding carboxylic acids is 4. The van der Waals surface area contributed by atoms with Gasteiger partial charge in [0, 0.05) is 30.2 Å². The van der Waals surface area contributed by atoms with Gasteiger partial charge in [0.05, 0.1) is 43.5 Å². The summed E-state index contributed by atoms with van der Waals surface area (Å²) in [6, 6.07) is -0.689. The Balaban J connectivity index is 0.000000209. The summed E-state index contributed by atoms with van der Waals surface area (Å²) in [5.74, 6) is 0.768. The fourth-order valence-electron chi connectivity index (χ4n) is 12.4. The lowest BCUT2D eigenvalue weighted by atomic mass is 9.99. The number of aliphatic hydroxyl groups excluding tert-OH is 10. The number of urea groups is 2. The van der Waals surface area contributed by atoms with Gasteiger partial charge in [-0.05, 0) is 142 Å². The van der Waals surface area contributed by atoms with Crippen LogP contribution in [-0.4, -0.2) is 382 Å². The summed E-state index contributed by atoms with van der Waals surface area (Å²) >= 11 is 5.03. The molecule has 0 bridgehead atoms. The van der Waals surface area contributed by atoms with E-state index >= 15 is 0 Å². The third kappa shape index (κ3) is 25.9. The number of thiocarbonyl (C=S) groups is 1. The molecule has 10 heterocycles. The van der Waals surface area contributed by atoms with E-state index in [0.717, 1.165) is 37.0 Å². The number of hydrogen-bond acceptors (Lipinski definition) is 24. The number of rotatable bonds is 20. The number of hydrogen-bond donors (Lipinski definition) is 16. The highest BCUT2D eigenvalue weighted by molar-refractivity contribution is 7.80. The lowest BCUT2D eigenvalue weighted by molar-refractivity contribution is -0.581. The van der Waals surface area contributed by atoms with Gasteiger partial charge in [-0.25, -0.2) is 29.4 Å². The zero-order valence-electron chi connectivity index (χ0n) is 63.8. The topological polar surface area (TPSA) is 417 Å². The van der Waals surface area contributed by atoms with Crippen molar-refractivity contribution in [3.05, 3.63) is 85.9 Å². The normalized spacial score (nSPS) is 34.0. The van der Waals surface area contributed by atoms with Gasteiger partial charge in [0.15, 0.2) is 25.0 Å². The Morgan fingerprint density at radius 3 is 1.43 bits per heavy atom. The molecule has 10 aliphatic heterocycles. The highest BCUT2D eigenvalue weighted by Gasteiger charge is 2.52. The van der Waals surface area contributed by atoms with Crippen LogP contribution >= 0.6 is 46.6 Å². The Kier molecular flexibility index (Phi) is 32.1. The highest BCUT2D eigenvalue weighted by atomic mass is 32.1. The Labute approximate surface area is 636 Å². The molecule has 6 saturated heterocycles. The van der Waals surface area contributed by atoms with Crippen molar-refractivity contribution >= 4 is 120 Å². The molecule has 0 aromatic carbocycles.